The van der Waals surface area contributed by atoms with E-state index in [1.54, 1.807) is 30.5 Å². The van der Waals surface area contributed by atoms with Crippen molar-refractivity contribution in [3.8, 4) is 5.75 Å². The first-order valence-electron chi connectivity index (χ1n) is 5.30. The Morgan fingerprint density at radius 2 is 1.89 bits per heavy atom. The molecular weight excluding hydrogens is 240 g/mol. The minimum absolute atomic E-state index is 0.0381. The van der Waals surface area contributed by atoms with E-state index in [4.69, 9.17) is 0 Å². The molecule has 0 radical (unpaired) electrons. The Morgan fingerprint density at radius 3 is 2.56 bits per heavy atom. The number of ether oxygens (including phenoxy) is 1. The molecule has 1 aromatic heterocycles. The molecule has 2 rings (SSSR count). The van der Waals surface area contributed by atoms with E-state index in [-0.39, 0.29) is 11.3 Å². The smallest absolute Gasteiger partial charge is 0.387 e. The lowest BCUT2D eigenvalue weighted by Crippen LogP contribution is -2.08. The van der Waals surface area contributed by atoms with Gasteiger partial charge in [-0.25, -0.2) is 0 Å². The van der Waals surface area contributed by atoms with Crippen molar-refractivity contribution in [2.24, 2.45) is 0 Å². The van der Waals surface area contributed by atoms with Crippen molar-refractivity contribution in [2.45, 2.75) is 12.7 Å². The molecule has 0 spiro atoms. The summed E-state index contributed by atoms with van der Waals surface area (Å²) in [5.74, 6) is -0.0381. The van der Waals surface area contributed by atoms with Crippen molar-refractivity contribution in [3.63, 3.8) is 0 Å². The van der Waals surface area contributed by atoms with Gasteiger partial charge in [0.1, 0.15) is 11.9 Å². The third-order valence-corrected chi connectivity index (χ3v) is 2.43. The Labute approximate surface area is 103 Å². The molecule has 2 aromatic rings. The second kappa shape index (κ2) is 5.55. The number of para-hydroxylation sites is 1. The summed E-state index contributed by atoms with van der Waals surface area (Å²) in [7, 11) is 0. The first-order valence-corrected chi connectivity index (χ1v) is 5.30. The molecule has 0 aliphatic heterocycles. The van der Waals surface area contributed by atoms with Crippen LogP contribution in [-0.4, -0.2) is 16.7 Å². The minimum atomic E-state index is -2.92. The van der Waals surface area contributed by atoms with Crippen LogP contribution in [0.3, 0.4) is 0 Å². The molecule has 0 saturated carbocycles. The number of halogens is 2. The molecule has 1 heterocycles. The molecule has 18 heavy (non-hydrogen) atoms. The lowest BCUT2D eigenvalue weighted by Gasteiger charge is -2.15. The van der Waals surface area contributed by atoms with Crippen molar-refractivity contribution < 1.29 is 18.6 Å². The lowest BCUT2D eigenvalue weighted by molar-refractivity contribution is -0.0512. The van der Waals surface area contributed by atoms with Crippen LogP contribution in [0.1, 0.15) is 17.2 Å². The fourth-order valence-electron chi connectivity index (χ4n) is 1.63. The highest BCUT2D eigenvalue weighted by molar-refractivity contribution is 5.39. The number of pyridine rings is 1. The summed E-state index contributed by atoms with van der Waals surface area (Å²) in [5.41, 5.74) is 0.800. The zero-order valence-electron chi connectivity index (χ0n) is 9.33. The lowest BCUT2D eigenvalue weighted by atomic mass is 10.0. The molecule has 3 nitrogen and oxygen atoms in total. The molecule has 0 aliphatic carbocycles. The predicted octanol–water partition coefficient (Wildman–Crippen LogP) is 2.76. The van der Waals surface area contributed by atoms with Crippen LogP contribution in [0.5, 0.6) is 5.75 Å². The van der Waals surface area contributed by atoms with Crippen LogP contribution >= 0.6 is 0 Å². The van der Waals surface area contributed by atoms with Gasteiger partial charge in [-0.15, -0.1) is 0 Å². The summed E-state index contributed by atoms with van der Waals surface area (Å²) in [4.78, 5) is 3.87. The van der Waals surface area contributed by atoms with Gasteiger partial charge in [-0.2, -0.15) is 8.78 Å². The Kier molecular flexibility index (Phi) is 3.84. The minimum Gasteiger partial charge on any atom is -0.434 e. The molecule has 1 aromatic carbocycles. The monoisotopic (exact) mass is 251 g/mol. The first kappa shape index (κ1) is 12.4. The van der Waals surface area contributed by atoms with Crippen LogP contribution in [-0.2, 0) is 0 Å². The van der Waals surface area contributed by atoms with Gasteiger partial charge in [0.05, 0.1) is 0 Å². The van der Waals surface area contributed by atoms with Crippen LogP contribution in [0.25, 0.3) is 0 Å². The topological polar surface area (TPSA) is 42.4 Å². The van der Waals surface area contributed by atoms with Gasteiger partial charge in [-0.05, 0) is 12.1 Å². The van der Waals surface area contributed by atoms with E-state index in [1.165, 1.54) is 18.3 Å². The number of nitrogens with zero attached hydrogens (tertiary/aromatic N) is 1. The Balaban J connectivity index is 2.33. The molecular formula is C13H11F2NO2. The highest BCUT2D eigenvalue weighted by atomic mass is 19.3. The van der Waals surface area contributed by atoms with E-state index in [0.29, 0.717) is 5.56 Å². The van der Waals surface area contributed by atoms with E-state index < -0.39 is 12.7 Å². The number of benzene rings is 1. The number of alkyl halides is 2. The maximum atomic E-state index is 12.3. The van der Waals surface area contributed by atoms with E-state index in [2.05, 4.69) is 9.72 Å². The van der Waals surface area contributed by atoms with Crippen molar-refractivity contribution in [2.75, 3.05) is 0 Å². The number of hydrogen-bond acceptors (Lipinski definition) is 3. The van der Waals surface area contributed by atoms with Crippen LogP contribution in [0, 0.1) is 0 Å². The van der Waals surface area contributed by atoms with Gasteiger partial charge in [0, 0.05) is 23.5 Å². The molecule has 0 saturated heterocycles. The van der Waals surface area contributed by atoms with Gasteiger partial charge in [0.2, 0.25) is 0 Å². The van der Waals surface area contributed by atoms with Crippen molar-refractivity contribution in [3.05, 3.63) is 59.9 Å². The Hall–Kier alpha value is -2.01. The summed E-state index contributed by atoms with van der Waals surface area (Å²) < 4.78 is 28.9. The van der Waals surface area contributed by atoms with Gasteiger partial charge in [0.15, 0.2) is 0 Å². The van der Waals surface area contributed by atoms with E-state index >= 15 is 0 Å². The van der Waals surface area contributed by atoms with Gasteiger partial charge in [0.25, 0.3) is 0 Å². The summed E-state index contributed by atoms with van der Waals surface area (Å²) in [6.45, 7) is -2.92. The number of aromatic nitrogens is 1. The summed E-state index contributed by atoms with van der Waals surface area (Å²) in [6.07, 6.45) is 2.00. The number of hydrogen-bond donors (Lipinski definition) is 1. The average molecular weight is 251 g/mol. The average Bonchev–Trinajstić information content (AvgIpc) is 2.39. The van der Waals surface area contributed by atoms with Gasteiger partial charge >= 0.3 is 6.61 Å². The maximum absolute atomic E-state index is 12.3. The van der Waals surface area contributed by atoms with Gasteiger partial charge in [-0.1, -0.05) is 24.3 Å². The van der Waals surface area contributed by atoms with Gasteiger partial charge in [-0.3, -0.25) is 4.98 Å². The number of aliphatic hydroxyl groups is 1. The standard InChI is InChI=1S/C13H11F2NO2/c14-13(15)18-11-6-2-1-5-10(11)12(17)9-4-3-7-16-8-9/h1-8,12-13,17H. The van der Waals surface area contributed by atoms with Crippen LogP contribution in [0.2, 0.25) is 0 Å². The normalized spacial score (nSPS) is 12.4. The zero-order valence-corrected chi connectivity index (χ0v) is 9.33. The number of aliphatic hydroxyl groups excluding tert-OH is 1. The molecule has 0 bridgehead atoms. The largest absolute Gasteiger partial charge is 0.434 e. The zero-order chi connectivity index (χ0) is 13.0. The highest BCUT2D eigenvalue weighted by Gasteiger charge is 2.17. The summed E-state index contributed by atoms with van der Waals surface area (Å²) >= 11 is 0. The third-order valence-electron chi connectivity index (χ3n) is 2.43. The predicted molar refractivity (Wildman–Crippen MR) is 61.4 cm³/mol. The molecule has 1 unspecified atom stereocenters. The summed E-state index contributed by atoms with van der Waals surface area (Å²) in [6, 6.07) is 9.47. The van der Waals surface area contributed by atoms with E-state index in [1.807, 2.05) is 0 Å². The first-order chi connectivity index (χ1) is 8.68. The second-order valence-electron chi connectivity index (χ2n) is 3.61. The van der Waals surface area contributed by atoms with Crippen LogP contribution in [0.4, 0.5) is 8.78 Å². The molecule has 0 amide bonds. The fraction of sp³-hybridized carbons (Fsp3) is 0.154. The SMILES string of the molecule is OC(c1cccnc1)c1ccccc1OC(F)F. The maximum Gasteiger partial charge on any atom is 0.387 e. The van der Waals surface area contributed by atoms with Gasteiger partial charge < -0.3 is 9.84 Å². The molecule has 1 N–H and O–H groups in total. The highest BCUT2D eigenvalue weighted by Crippen LogP contribution is 2.30. The molecule has 0 fully saturated rings. The number of rotatable bonds is 4. The third kappa shape index (κ3) is 2.81. The Bertz CT molecular complexity index is 505. The van der Waals surface area contributed by atoms with Crippen molar-refractivity contribution in [1.82, 2.24) is 4.98 Å². The van der Waals surface area contributed by atoms with Crippen LogP contribution < -0.4 is 4.74 Å². The van der Waals surface area contributed by atoms with Crippen LogP contribution in [0.15, 0.2) is 48.8 Å². The molecule has 94 valence electrons. The Morgan fingerprint density at radius 1 is 1.11 bits per heavy atom. The molecule has 0 aliphatic rings. The fourth-order valence-corrected chi connectivity index (χ4v) is 1.63. The van der Waals surface area contributed by atoms with E-state index in [9.17, 15) is 13.9 Å². The van der Waals surface area contributed by atoms with Crippen molar-refractivity contribution >= 4 is 0 Å². The van der Waals surface area contributed by atoms with Crippen molar-refractivity contribution in [1.29, 1.82) is 0 Å². The summed E-state index contributed by atoms with van der Waals surface area (Å²) in [5, 5.41) is 10.1. The second-order valence-corrected chi connectivity index (χ2v) is 3.61. The molecule has 1 atom stereocenters. The van der Waals surface area contributed by atoms with E-state index in [0.717, 1.165) is 0 Å². The quantitative estimate of drug-likeness (QED) is 0.908. The molecule has 5 heteroatoms.